The van der Waals surface area contributed by atoms with Crippen molar-refractivity contribution in [1.82, 2.24) is 14.5 Å². The minimum Gasteiger partial charge on any atom is -0.467 e. The summed E-state index contributed by atoms with van der Waals surface area (Å²) in [7, 11) is -2.04. The predicted molar refractivity (Wildman–Crippen MR) is 71.5 cm³/mol. The van der Waals surface area contributed by atoms with Gasteiger partial charge < -0.3 is 9.52 Å². The first-order chi connectivity index (χ1) is 9.33. The van der Waals surface area contributed by atoms with Gasteiger partial charge in [-0.3, -0.25) is 4.68 Å². The molecular weight excluding hydrogens is 282 g/mol. The molecule has 0 aromatic carbocycles. The lowest BCUT2D eigenvalue weighted by Crippen LogP contribution is -2.29. The molecule has 0 aliphatic rings. The van der Waals surface area contributed by atoms with Gasteiger partial charge in [-0.25, -0.2) is 13.1 Å². The molecule has 0 radical (unpaired) electrons. The van der Waals surface area contributed by atoms with Crippen molar-refractivity contribution in [2.45, 2.75) is 24.8 Å². The zero-order valence-corrected chi connectivity index (χ0v) is 12.3. The maximum absolute atomic E-state index is 12.3. The molecule has 0 spiro atoms. The van der Waals surface area contributed by atoms with Crippen molar-refractivity contribution in [2.75, 3.05) is 6.54 Å². The number of hydrogen-bond donors (Lipinski definition) is 2. The quantitative estimate of drug-likeness (QED) is 0.844. The number of aryl methyl sites for hydroxylation is 2. The van der Waals surface area contributed by atoms with E-state index in [-0.39, 0.29) is 11.4 Å². The Morgan fingerprint density at radius 2 is 2.20 bits per heavy atom. The van der Waals surface area contributed by atoms with E-state index in [4.69, 9.17) is 4.42 Å². The van der Waals surface area contributed by atoms with Crippen molar-refractivity contribution in [1.29, 1.82) is 0 Å². The van der Waals surface area contributed by atoms with E-state index in [1.807, 2.05) is 0 Å². The van der Waals surface area contributed by atoms with Crippen LogP contribution < -0.4 is 4.72 Å². The van der Waals surface area contributed by atoms with Gasteiger partial charge in [0.2, 0.25) is 10.0 Å². The Labute approximate surface area is 117 Å². The van der Waals surface area contributed by atoms with E-state index in [1.165, 1.54) is 10.9 Å². The van der Waals surface area contributed by atoms with Crippen LogP contribution in [0, 0.1) is 13.8 Å². The molecule has 1 atom stereocenters. The van der Waals surface area contributed by atoms with Crippen LogP contribution in [-0.4, -0.2) is 29.8 Å². The minimum absolute atomic E-state index is 0.145. The monoisotopic (exact) mass is 299 g/mol. The number of aliphatic hydroxyl groups is 1. The van der Waals surface area contributed by atoms with Crippen molar-refractivity contribution >= 4 is 10.0 Å². The van der Waals surface area contributed by atoms with Crippen LogP contribution in [0.1, 0.15) is 23.3 Å². The van der Waals surface area contributed by atoms with Crippen molar-refractivity contribution in [3.63, 3.8) is 0 Å². The smallest absolute Gasteiger partial charge is 0.244 e. The molecule has 0 saturated heterocycles. The normalized spacial score (nSPS) is 13.6. The molecule has 2 N–H and O–H groups in total. The number of sulfonamides is 1. The molecule has 0 aliphatic heterocycles. The van der Waals surface area contributed by atoms with E-state index in [1.54, 1.807) is 33.0 Å². The molecule has 0 saturated carbocycles. The van der Waals surface area contributed by atoms with Crippen LogP contribution in [0.25, 0.3) is 0 Å². The van der Waals surface area contributed by atoms with Crippen molar-refractivity contribution in [2.24, 2.45) is 7.05 Å². The molecule has 2 rings (SSSR count). The van der Waals surface area contributed by atoms with Crippen molar-refractivity contribution < 1.29 is 17.9 Å². The standard InChI is InChI=1S/C12H17N3O4S/c1-8-12(9(2)15(3)14-8)20(17,18)13-7-10(16)11-5-4-6-19-11/h4-6,10,13,16H,7H2,1-3H3. The van der Waals surface area contributed by atoms with Gasteiger partial charge in [0.25, 0.3) is 0 Å². The Morgan fingerprint density at radius 3 is 2.70 bits per heavy atom. The van der Waals surface area contributed by atoms with E-state index >= 15 is 0 Å². The third-order valence-electron chi connectivity index (χ3n) is 3.05. The van der Waals surface area contributed by atoms with Crippen molar-refractivity contribution in [3.05, 3.63) is 35.5 Å². The van der Waals surface area contributed by atoms with Gasteiger partial charge in [0.05, 0.1) is 17.7 Å². The van der Waals surface area contributed by atoms with Gasteiger partial charge in [0.15, 0.2) is 0 Å². The number of furan rings is 1. The Hall–Kier alpha value is -1.64. The van der Waals surface area contributed by atoms with E-state index in [0.29, 0.717) is 17.1 Å². The molecule has 0 fully saturated rings. The predicted octanol–water partition coefficient (Wildman–Crippen LogP) is 0.642. The minimum atomic E-state index is -3.72. The summed E-state index contributed by atoms with van der Waals surface area (Å²) >= 11 is 0. The molecule has 2 aromatic rings. The summed E-state index contributed by atoms with van der Waals surface area (Å²) in [6.45, 7) is 3.14. The molecule has 2 aromatic heterocycles. The zero-order chi connectivity index (χ0) is 14.9. The Balaban J connectivity index is 2.16. The van der Waals surface area contributed by atoms with E-state index in [0.717, 1.165) is 0 Å². The zero-order valence-electron chi connectivity index (χ0n) is 11.5. The molecule has 8 heteroatoms. The van der Waals surface area contributed by atoms with E-state index in [2.05, 4.69) is 9.82 Å². The van der Waals surface area contributed by atoms with Gasteiger partial charge in [-0.15, -0.1) is 0 Å². The molecule has 2 heterocycles. The van der Waals surface area contributed by atoms with Crippen LogP contribution in [0.4, 0.5) is 0 Å². The van der Waals surface area contributed by atoms with Gasteiger partial charge >= 0.3 is 0 Å². The fraction of sp³-hybridized carbons (Fsp3) is 0.417. The summed E-state index contributed by atoms with van der Waals surface area (Å²) in [5.74, 6) is 0.312. The van der Waals surface area contributed by atoms with Crippen molar-refractivity contribution in [3.8, 4) is 0 Å². The van der Waals surface area contributed by atoms with Crippen LogP contribution in [-0.2, 0) is 17.1 Å². The SMILES string of the molecule is Cc1nn(C)c(C)c1S(=O)(=O)NCC(O)c1ccco1. The van der Waals surface area contributed by atoms with Gasteiger partial charge in [0.1, 0.15) is 16.8 Å². The van der Waals surface area contributed by atoms with Gasteiger partial charge in [-0.2, -0.15) is 5.10 Å². The number of aliphatic hydroxyl groups excluding tert-OH is 1. The average molecular weight is 299 g/mol. The first-order valence-electron chi connectivity index (χ1n) is 6.04. The van der Waals surface area contributed by atoms with Gasteiger partial charge in [-0.05, 0) is 26.0 Å². The highest BCUT2D eigenvalue weighted by atomic mass is 32.2. The lowest BCUT2D eigenvalue weighted by atomic mass is 10.3. The molecule has 0 aliphatic carbocycles. The number of nitrogens with one attached hydrogen (secondary N) is 1. The second-order valence-electron chi connectivity index (χ2n) is 4.51. The second kappa shape index (κ2) is 5.39. The highest BCUT2D eigenvalue weighted by molar-refractivity contribution is 7.89. The third-order valence-corrected chi connectivity index (χ3v) is 4.72. The Morgan fingerprint density at radius 1 is 1.50 bits per heavy atom. The van der Waals surface area contributed by atoms with Crippen LogP contribution in [0.15, 0.2) is 27.7 Å². The van der Waals surface area contributed by atoms with Crippen LogP contribution >= 0.6 is 0 Å². The molecule has 0 amide bonds. The summed E-state index contributed by atoms with van der Waals surface area (Å²) < 4.78 is 33.4. The lowest BCUT2D eigenvalue weighted by molar-refractivity contribution is 0.154. The summed E-state index contributed by atoms with van der Waals surface area (Å²) in [6, 6.07) is 3.21. The number of hydrogen-bond acceptors (Lipinski definition) is 5. The van der Waals surface area contributed by atoms with Crippen LogP contribution in [0.5, 0.6) is 0 Å². The van der Waals surface area contributed by atoms with E-state index < -0.39 is 16.1 Å². The fourth-order valence-corrected chi connectivity index (χ4v) is 3.46. The molecule has 20 heavy (non-hydrogen) atoms. The summed E-state index contributed by atoms with van der Waals surface area (Å²) in [6.07, 6.45) is 0.389. The maximum atomic E-state index is 12.3. The highest BCUT2D eigenvalue weighted by Crippen LogP contribution is 2.19. The Kier molecular flexibility index (Phi) is 3.98. The summed E-state index contributed by atoms with van der Waals surface area (Å²) in [5.41, 5.74) is 0.965. The third kappa shape index (κ3) is 2.77. The fourth-order valence-electron chi connectivity index (χ4n) is 1.99. The summed E-state index contributed by atoms with van der Waals surface area (Å²) in [4.78, 5) is 0.145. The van der Waals surface area contributed by atoms with Crippen LogP contribution in [0.3, 0.4) is 0 Å². The second-order valence-corrected chi connectivity index (χ2v) is 6.21. The van der Waals surface area contributed by atoms with Gasteiger partial charge in [-0.1, -0.05) is 0 Å². The number of rotatable bonds is 5. The van der Waals surface area contributed by atoms with Crippen LogP contribution in [0.2, 0.25) is 0 Å². The number of aromatic nitrogens is 2. The molecule has 0 bridgehead atoms. The molecular formula is C12H17N3O4S. The number of nitrogens with zero attached hydrogens (tertiary/aromatic N) is 2. The largest absolute Gasteiger partial charge is 0.467 e. The Bertz CT molecular complexity index is 689. The highest BCUT2D eigenvalue weighted by Gasteiger charge is 2.24. The lowest BCUT2D eigenvalue weighted by Gasteiger charge is -2.10. The first kappa shape index (κ1) is 14.8. The molecule has 110 valence electrons. The van der Waals surface area contributed by atoms with Gasteiger partial charge in [0, 0.05) is 13.6 Å². The molecule has 7 nitrogen and oxygen atoms in total. The maximum Gasteiger partial charge on any atom is 0.244 e. The average Bonchev–Trinajstić information content (AvgIpc) is 2.96. The topological polar surface area (TPSA) is 97.4 Å². The molecule has 1 unspecified atom stereocenters. The van der Waals surface area contributed by atoms with E-state index in [9.17, 15) is 13.5 Å². The summed E-state index contributed by atoms with van der Waals surface area (Å²) in [5, 5.41) is 13.9. The first-order valence-corrected chi connectivity index (χ1v) is 7.52.